The summed E-state index contributed by atoms with van der Waals surface area (Å²) in [5.41, 5.74) is 7.52. The van der Waals surface area contributed by atoms with Gasteiger partial charge in [0.1, 0.15) is 22.8 Å². The van der Waals surface area contributed by atoms with Gasteiger partial charge >= 0.3 is 5.97 Å². The van der Waals surface area contributed by atoms with Gasteiger partial charge in [-0.25, -0.2) is 19.7 Å². The highest BCUT2D eigenvalue weighted by Gasteiger charge is 2.20. The zero-order chi connectivity index (χ0) is 29.6. The SMILES string of the molecule is CC(C)Cc1nc(C(=O)Nc2ccc(C(=O)Nc3ccc(C(=O)O)nc3OC(C)C)nc2OC(C)C)ccc1N. The van der Waals surface area contributed by atoms with Gasteiger partial charge in [-0.1, -0.05) is 13.8 Å². The summed E-state index contributed by atoms with van der Waals surface area (Å²) in [6.45, 7) is 11.1. The molecule has 3 aromatic heterocycles. The first-order chi connectivity index (χ1) is 18.8. The molecule has 0 fully saturated rings. The second-order valence-corrected chi connectivity index (χ2v) is 9.98. The number of amides is 2. The molecule has 0 aliphatic carbocycles. The molecule has 0 aliphatic rings. The number of hydrogen-bond donors (Lipinski definition) is 4. The number of carboxylic acid groups (broad SMARTS) is 1. The first-order valence-corrected chi connectivity index (χ1v) is 12.8. The number of nitrogens with one attached hydrogen (secondary N) is 2. The van der Waals surface area contributed by atoms with E-state index in [4.69, 9.17) is 15.2 Å². The fraction of sp³-hybridized carbons (Fsp3) is 0.357. The van der Waals surface area contributed by atoms with Crippen LogP contribution >= 0.6 is 0 Å². The number of ether oxygens (including phenoxy) is 2. The Labute approximate surface area is 232 Å². The molecule has 3 rings (SSSR count). The summed E-state index contributed by atoms with van der Waals surface area (Å²) in [5, 5.41) is 14.6. The van der Waals surface area contributed by atoms with Crippen LogP contribution < -0.4 is 25.8 Å². The molecule has 5 N–H and O–H groups in total. The molecule has 0 aliphatic heterocycles. The Kier molecular flexibility index (Phi) is 9.59. The summed E-state index contributed by atoms with van der Waals surface area (Å²) in [6, 6.07) is 8.74. The lowest BCUT2D eigenvalue weighted by Gasteiger charge is -2.16. The van der Waals surface area contributed by atoms with E-state index in [2.05, 4.69) is 25.6 Å². The van der Waals surface area contributed by atoms with E-state index in [1.165, 1.54) is 30.3 Å². The quantitative estimate of drug-likeness (QED) is 0.267. The average Bonchev–Trinajstić information content (AvgIpc) is 2.86. The second-order valence-electron chi connectivity index (χ2n) is 9.98. The average molecular weight is 551 g/mol. The Morgan fingerprint density at radius 1 is 0.750 bits per heavy atom. The number of carbonyl (C=O) groups is 3. The molecule has 0 unspecified atom stereocenters. The van der Waals surface area contributed by atoms with Gasteiger partial charge in [-0.3, -0.25) is 9.59 Å². The van der Waals surface area contributed by atoms with Crippen molar-refractivity contribution in [2.45, 2.75) is 60.2 Å². The highest BCUT2D eigenvalue weighted by molar-refractivity contribution is 6.06. The van der Waals surface area contributed by atoms with Gasteiger partial charge < -0.3 is 30.9 Å². The Balaban J connectivity index is 1.87. The number of nitrogens with zero attached hydrogens (tertiary/aromatic N) is 3. The van der Waals surface area contributed by atoms with Gasteiger partial charge in [-0.2, -0.15) is 0 Å². The predicted molar refractivity (Wildman–Crippen MR) is 150 cm³/mol. The molecule has 0 saturated carbocycles. The standard InChI is InChI=1S/C28H34N6O6/c1-14(2)13-23-17(29)7-8-18(30-23)24(35)31-20-10-9-19(33-26(20)39-15(3)4)25(36)32-21-11-12-22(28(37)38)34-27(21)40-16(5)6/h7-12,14-16H,13,29H2,1-6H3,(H,31,35)(H,32,36)(H,37,38). The fourth-order valence-electron chi connectivity index (χ4n) is 3.50. The maximum Gasteiger partial charge on any atom is 0.354 e. The van der Waals surface area contributed by atoms with Gasteiger partial charge in [0, 0.05) is 0 Å². The van der Waals surface area contributed by atoms with Crippen LogP contribution in [0, 0.1) is 5.92 Å². The number of aromatic nitrogens is 3. The zero-order valence-electron chi connectivity index (χ0n) is 23.3. The molecule has 0 saturated heterocycles. The Bertz CT molecular complexity index is 1410. The second kappa shape index (κ2) is 12.9. The molecular weight excluding hydrogens is 516 g/mol. The molecule has 0 radical (unpaired) electrons. The number of rotatable bonds is 11. The lowest BCUT2D eigenvalue weighted by Crippen LogP contribution is -2.20. The number of pyridine rings is 3. The first-order valence-electron chi connectivity index (χ1n) is 12.8. The third kappa shape index (κ3) is 7.88. The van der Waals surface area contributed by atoms with E-state index in [9.17, 15) is 19.5 Å². The number of anilines is 3. The molecule has 0 atom stereocenters. The van der Waals surface area contributed by atoms with Crippen LogP contribution in [-0.2, 0) is 6.42 Å². The van der Waals surface area contributed by atoms with E-state index < -0.39 is 17.8 Å². The molecule has 12 nitrogen and oxygen atoms in total. The molecule has 212 valence electrons. The third-order valence-corrected chi connectivity index (χ3v) is 5.21. The molecule has 0 bridgehead atoms. The van der Waals surface area contributed by atoms with Crippen molar-refractivity contribution >= 4 is 34.8 Å². The lowest BCUT2D eigenvalue weighted by molar-refractivity contribution is 0.0688. The van der Waals surface area contributed by atoms with Gasteiger partial charge in [0.25, 0.3) is 11.8 Å². The summed E-state index contributed by atoms with van der Waals surface area (Å²) in [4.78, 5) is 50.1. The van der Waals surface area contributed by atoms with E-state index in [1.54, 1.807) is 33.8 Å². The summed E-state index contributed by atoms with van der Waals surface area (Å²) >= 11 is 0. The largest absolute Gasteiger partial charge is 0.477 e. The van der Waals surface area contributed by atoms with Crippen molar-refractivity contribution in [2.75, 3.05) is 16.4 Å². The number of aromatic carboxylic acids is 1. The molecule has 3 heterocycles. The van der Waals surface area contributed by atoms with Crippen LogP contribution in [0.15, 0.2) is 36.4 Å². The maximum atomic E-state index is 13.1. The number of nitrogens with two attached hydrogens (primary N) is 1. The molecule has 2 amide bonds. The van der Waals surface area contributed by atoms with E-state index in [0.717, 1.165) is 0 Å². The Morgan fingerprint density at radius 3 is 1.68 bits per heavy atom. The van der Waals surface area contributed by atoms with Crippen LogP contribution in [0.3, 0.4) is 0 Å². The van der Waals surface area contributed by atoms with Crippen LogP contribution in [0.2, 0.25) is 0 Å². The number of hydrogen-bond acceptors (Lipinski definition) is 9. The molecular formula is C28H34N6O6. The van der Waals surface area contributed by atoms with Gasteiger partial charge in [0.05, 0.1) is 23.6 Å². The van der Waals surface area contributed by atoms with Crippen LogP contribution in [0.25, 0.3) is 0 Å². The van der Waals surface area contributed by atoms with Crippen molar-refractivity contribution < 1.29 is 29.0 Å². The van der Waals surface area contributed by atoms with Crippen molar-refractivity contribution in [2.24, 2.45) is 5.92 Å². The van der Waals surface area contributed by atoms with Gasteiger partial charge in [0.2, 0.25) is 11.8 Å². The number of carboxylic acids is 1. The van der Waals surface area contributed by atoms with Crippen molar-refractivity contribution in [3.63, 3.8) is 0 Å². The highest BCUT2D eigenvalue weighted by atomic mass is 16.5. The van der Waals surface area contributed by atoms with Gasteiger partial charge in [0.15, 0.2) is 5.69 Å². The van der Waals surface area contributed by atoms with Crippen molar-refractivity contribution in [1.82, 2.24) is 15.0 Å². The molecule has 0 aromatic carbocycles. The molecule has 12 heteroatoms. The van der Waals surface area contributed by atoms with Crippen molar-refractivity contribution in [3.8, 4) is 11.8 Å². The molecule has 3 aromatic rings. The van der Waals surface area contributed by atoms with Crippen LogP contribution in [0.1, 0.15) is 78.7 Å². The van der Waals surface area contributed by atoms with Crippen LogP contribution in [0.5, 0.6) is 11.8 Å². The monoisotopic (exact) mass is 550 g/mol. The Morgan fingerprint density at radius 2 is 1.20 bits per heavy atom. The zero-order valence-corrected chi connectivity index (χ0v) is 23.3. The van der Waals surface area contributed by atoms with E-state index in [0.29, 0.717) is 23.7 Å². The smallest absolute Gasteiger partial charge is 0.354 e. The summed E-state index contributed by atoms with van der Waals surface area (Å²) in [5.74, 6) is -2.04. The minimum absolute atomic E-state index is 0.0173. The minimum atomic E-state index is -1.23. The van der Waals surface area contributed by atoms with Crippen LogP contribution in [-0.4, -0.2) is 50.1 Å². The molecule has 0 spiro atoms. The maximum absolute atomic E-state index is 13.1. The minimum Gasteiger partial charge on any atom is -0.477 e. The lowest BCUT2D eigenvalue weighted by atomic mass is 10.1. The van der Waals surface area contributed by atoms with Crippen LogP contribution in [0.4, 0.5) is 17.1 Å². The predicted octanol–water partition coefficient (Wildman–Crippen LogP) is 4.43. The topological polar surface area (TPSA) is 179 Å². The molecule has 40 heavy (non-hydrogen) atoms. The third-order valence-electron chi connectivity index (χ3n) is 5.21. The van der Waals surface area contributed by atoms with Gasteiger partial charge in [-0.15, -0.1) is 0 Å². The Hall–Kier alpha value is -4.74. The van der Waals surface area contributed by atoms with Crippen molar-refractivity contribution in [1.29, 1.82) is 0 Å². The summed E-state index contributed by atoms with van der Waals surface area (Å²) < 4.78 is 11.4. The number of carbonyl (C=O) groups excluding carboxylic acids is 2. The van der Waals surface area contributed by atoms with E-state index in [-0.39, 0.29) is 52.4 Å². The van der Waals surface area contributed by atoms with Crippen molar-refractivity contribution in [3.05, 3.63) is 59.2 Å². The van der Waals surface area contributed by atoms with E-state index in [1.807, 2.05) is 13.8 Å². The fourth-order valence-corrected chi connectivity index (χ4v) is 3.50. The first kappa shape index (κ1) is 29.8. The summed E-state index contributed by atoms with van der Waals surface area (Å²) in [7, 11) is 0. The highest BCUT2D eigenvalue weighted by Crippen LogP contribution is 2.27. The number of nitrogen functional groups attached to an aromatic ring is 1. The normalized spacial score (nSPS) is 11.0. The summed E-state index contributed by atoms with van der Waals surface area (Å²) in [6.07, 6.45) is -0.0118. The van der Waals surface area contributed by atoms with E-state index >= 15 is 0 Å². The van der Waals surface area contributed by atoms with Gasteiger partial charge in [-0.05, 0) is 76.4 Å².